The summed E-state index contributed by atoms with van der Waals surface area (Å²) in [6, 6.07) is 5.92. The van der Waals surface area contributed by atoms with Crippen LogP contribution < -0.4 is 9.47 Å². The number of hydrogen-bond donors (Lipinski definition) is 1. The fourth-order valence-corrected chi connectivity index (χ4v) is 10.2. The van der Waals surface area contributed by atoms with Crippen LogP contribution in [0, 0.1) is 5.92 Å². The molecule has 0 heterocycles. The van der Waals surface area contributed by atoms with Crippen molar-refractivity contribution in [1.82, 2.24) is 0 Å². The van der Waals surface area contributed by atoms with Crippen molar-refractivity contribution in [2.24, 2.45) is 5.92 Å². The van der Waals surface area contributed by atoms with Gasteiger partial charge in [-0.15, -0.1) is 6.58 Å². The minimum atomic E-state index is -2.15. The van der Waals surface area contributed by atoms with E-state index in [0.29, 0.717) is 34.5 Å². The highest BCUT2D eigenvalue weighted by atomic mass is 28.4. The van der Waals surface area contributed by atoms with E-state index in [4.69, 9.17) is 13.9 Å². The summed E-state index contributed by atoms with van der Waals surface area (Å²) in [5.41, 5.74) is 2.38. The Balaban J connectivity index is 3.54. The highest BCUT2D eigenvalue weighted by Gasteiger charge is 2.47. The fourth-order valence-electron chi connectivity index (χ4n) is 4.60. The molecule has 28 heavy (non-hydrogen) atoms. The highest BCUT2D eigenvalue weighted by Crippen LogP contribution is 2.47. The maximum atomic E-state index is 10.2. The van der Waals surface area contributed by atoms with Gasteiger partial charge < -0.3 is 19.0 Å². The molecule has 2 atom stereocenters. The molecule has 0 aromatic heterocycles. The quantitative estimate of drug-likeness (QED) is 0.334. The summed E-state index contributed by atoms with van der Waals surface area (Å²) in [5.74, 6) is 1.31. The van der Waals surface area contributed by atoms with Crippen molar-refractivity contribution in [3.8, 4) is 11.5 Å². The number of ether oxygens (including phenoxy) is 2. The third kappa shape index (κ3) is 5.19. The van der Waals surface area contributed by atoms with Crippen LogP contribution in [-0.4, -0.2) is 34.3 Å². The van der Waals surface area contributed by atoms with Crippen molar-refractivity contribution >= 4 is 8.32 Å². The summed E-state index contributed by atoms with van der Waals surface area (Å²) in [5, 5.41) is 10.2. The molecule has 0 bridgehead atoms. The van der Waals surface area contributed by atoms with E-state index in [-0.39, 0.29) is 18.6 Å². The topological polar surface area (TPSA) is 47.9 Å². The van der Waals surface area contributed by atoms with E-state index < -0.39 is 8.32 Å². The van der Waals surface area contributed by atoms with Gasteiger partial charge in [0.2, 0.25) is 8.32 Å². The molecule has 0 fully saturated rings. The van der Waals surface area contributed by atoms with E-state index in [1.54, 1.807) is 14.2 Å². The van der Waals surface area contributed by atoms with Crippen molar-refractivity contribution < 1.29 is 19.0 Å². The van der Waals surface area contributed by atoms with Crippen LogP contribution in [0.4, 0.5) is 0 Å². The first-order valence-corrected chi connectivity index (χ1v) is 12.4. The van der Waals surface area contributed by atoms with E-state index in [1.165, 1.54) is 0 Å². The Hall–Kier alpha value is -1.30. The molecule has 0 aliphatic heterocycles. The standard InChI is InChI=1S/C23H40O4Si/c1-10-11-20(15-24)23(19-12-13-21(25-8)22(14-19)26-9)27-28(16(2)3,17(4)5)18(6)7/h10,12-14,16-18,20,23-24H,1,11,15H2,2-9H3/t20-,23+/m1/s1. The summed E-state index contributed by atoms with van der Waals surface area (Å²) in [6.07, 6.45) is 2.33. The number of methoxy groups -OCH3 is 2. The first-order chi connectivity index (χ1) is 13.2. The van der Waals surface area contributed by atoms with Crippen molar-refractivity contribution in [3.63, 3.8) is 0 Å². The van der Waals surface area contributed by atoms with E-state index in [0.717, 1.165) is 5.56 Å². The number of benzene rings is 1. The predicted octanol–water partition coefficient (Wildman–Crippen LogP) is 6.12. The Bertz CT molecular complexity index is 591. The Morgan fingerprint density at radius 3 is 1.89 bits per heavy atom. The van der Waals surface area contributed by atoms with Crippen molar-refractivity contribution in [3.05, 3.63) is 36.4 Å². The third-order valence-electron chi connectivity index (χ3n) is 5.91. The molecule has 0 spiro atoms. The molecule has 0 saturated carbocycles. The summed E-state index contributed by atoms with van der Waals surface area (Å²) in [6.45, 7) is 17.6. The van der Waals surface area contributed by atoms with Crippen LogP contribution in [0.25, 0.3) is 0 Å². The molecule has 1 aromatic rings. The van der Waals surface area contributed by atoms with Crippen molar-refractivity contribution in [2.45, 2.75) is 70.7 Å². The molecule has 4 nitrogen and oxygen atoms in total. The Morgan fingerprint density at radius 1 is 0.964 bits per heavy atom. The average Bonchev–Trinajstić information content (AvgIpc) is 2.66. The van der Waals surface area contributed by atoms with Crippen LogP contribution in [0.5, 0.6) is 11.5 Å². The van der Waals surface area contributed by atoms with Gasteiger partial charge in [0, 0.05) is 12.5 Å². The number of aliphatic hydroxyl groups excluding tert-OH is 1. The first kappa shape index (κ1) is 24.7. The maximum absolute atomic E-state index is 10.2. The lowest BCUT2D eigenvalue weighted by Crippen LogP contribution is -2.49. The van der Waals surface area contributed by atoms with Crippen LogP contribution >= 0.6 is 0 Å². The summed E-state index contributed by atoms with van der Waals surface area (Å²) in [7, 11) is 1.12. The predicted molar refractivity (Wildman–Crippen MR) is 120 cm³/mol. The van der Waals surface area contributed by atoms with Gasteiger partial charge in [-0.2, -0.15) is 0 Å². The molecule has 0 unspecified atom stereocenters. The first-order valence-electron chi connectivity index (χ1n) is 10.3. The van der Waals surface area contributed by atoms with Gasteiger partial charge in [-0.25, -0.2) is 0 Å². The van der Waals surface area contributed by atoms with Crippen molar-refractivity contribution in [1.29, 1.82) is 0 Å². The molecule has 1 aromatic carbocycles. The molecule has 1 rings (SSSR count). The second-order valence-corrected chi connectivity index (χ2v) is 13.8. The Kier molecular flexibility index (Phi) is 9.74. The van der Waals surface area contributed by atoms with Gasteiger partial charge in [0.15, 0.2) is 11.5 Å². The zero-order valence-electron chi connectivity index (χ0n) is 19.0. The van der Waals surface area contributed by atoms with Crippen molar-refractivity contribution in [2.75, 3.05) is 20.8 Å². The zero-order valence-corrected chi connectivity index (χ0v) is 20.0. The molecule has 0 aliphatic carbocycles. The van der Waals surface area contributed by atoms with E-state index in [9.17, 15) is 5.11 Å². The largest absolute Gasteiger partial charge is 0.493 e. The summed E-state index contributed by atoms with van der Waals surface area (Å²) in [4.78, 5) is 0. The smallest absolute Gasteiger partial charge is 0.201 e. The second-order valence-electron chi connectivity index (χ2n) is 8.44. The van der Waals surface area contributed by atoms with Crippen LogP contribution in [0.3, 0.4) is 0 Å². The highest BCUT2D eigenvalue weighted by molar-refractivity contribution is 6.77. The van der Waals surface area contributed by atoms with E-state index >= 15 is 0 Å². The van der Waals surface area contributed by atoms with Gasteiger partial charge in [0.05, 0.1) is 20.3 Å². The Labute approximate surface area is 173 Å². The van der Waals surface area contributed by atoms with Crippen LogP contribution in [0.15, 0.2) is 30.9 Å². The van der Waals surface area contributed by atoms with Crippen LogP contribution in [0.1, 0.15) is 59.6 Å². The lowest BCUT2D eigenvalue weighted by Gasteiger charge is -2.46. The fraction of sp³-hybridized carbons (Fsp3) is 0.652. The van der Waals surface area contributed by atoms with Gasteiger partial charge >= 0.3 is 0 Å². The second kappa shape index (κ2) is 11.0. The maximum Gasteiger partial charge on any atom is 0.201 e. The summed E-state index contributed by atoms with van der Waals surface area (Å²) < 4.78 is 18.0. The third-order valence-corrected chi connectivity index (χ3v) is 12.0. The lowest BCUT2D eigenvalue weighted by atomic mass is 9.93. The Morgan fingerprint density at radius 2 is 1.50 bits per heavy atom. The van der Waals surface area contributed by atoms with Crippen LogP contribution in [-0.2, 0) is 4.43 Å². The lowest BCUT2D eigenvalue weighted by molar-refractivity contribution is 0.0725. The number of allylic oxidation sites excluding steroid dienone is 1. The van der Waals surface area contributed by atoms with Gasteiger partial charge in [0.25, 0.3) is 0 Å². The monoisotopic (exact) mass is 408 g/mol. The van der Waals surface area contributed by atoms with Gasteiger partial charge in [-0.3, -0.25) is 0 Å². The molecular weight excluding hydrogens is 368 g/mol. The minimum absolute atomic E-state index is 0.0454. The minimum Gasteiger partial charge on any atom is -0.493 e. The SMILES string of the molecule is C=CC[C@H](CO)[C@@H](O[Si](C(C)C)(C(C)C)C(C)C)c1ccc(OC)c(OC)c1. The molecule has 0 saturated heterocycles. The van der Waals surface area contributed by atoms with Gasteiger partial charge in [0.1, 0.15) is 0 Å². The number of rotatable bonds is 12. The molecular formula is C23H40O4Si. The normalized spacial score (nSPS) is 14.4. The molecule has 0 radical (unpaired) electrons. The van der Waals surface area contributed by atoms with Crippen LogP contribution in [0.2, 0.25) is 16.6 Å². The number of hydrogen-bond acceptors (Lipinski definition) is 4. The number of aliphatic hydroxyl groups is 1. The van der Waals surface area contributed by atoms with Gasteiger partial charge in [-0.05, 0) is 40.7 Å². The summed E-state index contributed by atoms with van der Waals surface area (Å²) >= 11 is 0. The molecule has 5 heteroatoms. The zero-order chi connectivity index (χ0) is 21.5. The van der Waals surface area contributed by atoms with E-state index in [1.807, 2.05) is 24.3 Å². The van der Waals surface area contributed by atoms with Gasteiger partial charge in [-0.1, -0.05) is 53.7 Å². The molecule has 160 valence electrons. The molecule has 0 amide bonds. The molecule has 0 aliphatic rings. The average molecular weight is 409 g/mol. The molecule has 1 N–H and O–H groups in total. The van der Waals surface area contributed by atoms with E-state index in [2.05, 4.69) is 48.1 Å².